The number of amides is 1. The molecule has 2 aromatic rings. The Bertz CT molecular complexity index is 655. The fraction of sp³-hybridized carbons (Fsp3) is 0.118. The van der Waals surface area contributed by atoms with Crippen molar-refractivity contribution in [2.75, 3.05) is 6.61 Å². The lowest BCUT2D eigenvalue weighted by Crippen LogP contribution is -2.24. The van der Waals surface area contributed by atoms with E-state index in [1.54, 1.807) is 4.90 Å². The molecule has 1 heterocycles. The second-order valence-corrected chi connectivity index (χ2v) is 5.86. The molecule has 0 N–H and O–H groups in total. The molecular formula is C17H14INO2. The van der Waals surface area contributed by atoms with Crippen molar-refractivity contribution in [2.45, 2.75) is 6.04 Å². The minimum Gasteiger partial charge on any atom is -0.447 e. The molecule has 1 aliphatic rings. The zero-order chi connectivity index (χ0) is 14.7. The van der Waals surface area contributed by atoms with Gasteiger partial charge in [-0.3, -0.25) is 4.90 Å². The maximum atomic E-state index is 12.0. The van der Waals surface area contributed by atoms with Crippen molar-refractivity contribution in [3.05, 3.63) is 75.5 Å². The molecule has 21 heavy (non-hydrogen) atoms. The first-order valence-electron chi connectivity index (χ1n) is 6.69. The van der Waals surface area contributed by atoms with Crippen molar-refractivity contribution in [2.24, 2.45) is 0 Å². The molecule has 0 saturated carbocycles. The summed E-state index contributed by atoms with van der Waals surface area (Å²) < 4.78 is 6.09. The fourth-order valence-electron chi connectivity index (χ4n) is 2.33. The number of hydrogen-bond donors (Lipinski definition) is 0. The molecule has 0 bridgehead atoms. The van der Waals surface area contributed by atoms with Crippen LogP contribution in [-0.2, 0) is 4.74 Å². The van der Waals surface area contributed by atoms with E-state index in [9.17, 15) is 4.79 Å². The summed E-state index contributed by atoms with van der Waals surface area (Å²) in [5.41, 5.74) is 2.15. The molecule has 2 aromatic carbocycles. The Morgan fingerprint density at radius 2 is 1.71 bits per heavy atom. The van der Waals surface area contributed by atoms with Gasteiger partial charge < -0.3 is 4.74 Å². The third kappa shape index (κ3) is 3.10. The van der Waals surface area contributed by atoms with E-state index in [2.05, 4.69) is 22.6 Å². The van der Waals surface area contributed by atoms with Crippen LogP contribution in [0, 0.1) is 0 Å². The van der Waals surface area contributed by atoms with Gasteiger partial charge in [0, 0.05) is 0 Å². The number of nitrogens with zero attached hydrogens (tertiary/aromatic N) is 1. The van der Waals surface area contributed by atoms with Crippen LogP contribution >= 0.6 is 22.6 Å². The number of hydrogen-bond acceptors (Lipinski definition) is 2. The minimum absolute atomic E-state index is 0.0643. The van der Waals surface area contributed by atoms with Gasteiger partial charge in [0.1, 0.15) is 6.61 Å². The first-order valence-corrected chi connectivity index (χ1v) is 7.77. The van der Waals surface area contributed by atoms with E-state index in [4.69, 9.17) is 4.74 Å². The van der Waals surface area contributed by atoms with Gasteiger partial charge in [0.2, 0.25) is 0 Å². The first-order chi connectivity index (χ1) is 10.3. The van der Waals surface area contributed by atoms with E-state index in [0.717, 1.165) is 14.8 Å². The third-order valence-electron chi connectivity index (χ3n) is 3.37. The van der Waals surface area contributed by atoms with Gasteiger partial charge in [-0.1, -0.05) is 60.7 Å². The lowest BCUT2D eigenvalue weighted by atomic mass is 10.1. The van der Waals surface area contributed by atoms with Crippen LogP contribution in [0.3, 0.4) is 0 Å². The summed E-state index contributed by atoms with van der Waals surface area (Å²) >= 11 is 2.19. The Balaban J connectivity index is 1.91. The Hall–Kier alpha value is -1.82. The summed E-state index contributed by atoms with van der Waals surface area (Å²) in [6, 6.07) is 19.9. The van der Waals surface area contributed by atoms with Crippen LogP contribution in [0.5, 0.6) is 0 Å². The average Bonchev–Trinajstić information content (AvgIpc) is 2.91. The summed E-state index contributed by atoms with van der Waals surface area (Å²) in [7, 11) is 0. The highest BCUT2D eigenvalue weighted by molar-refractivity contribution is 14.1. The highest BCUT2D eigenvalue weighted by Crippen LogP contribution is 2.34. The van der Waals surface area contributed by atoms with Gasteiger partial charge in [-0.05, 0) is 39.8 Å². The molecule has 3 nitrogen and oxygen atoms in total. The molecule has 106 valence electrons. The molecule has 0 spiro atoms. The Labute approximate surface area is 137 Å². The normalized spacial score (nSPS) is 18.7. The molecule has 1 amide bonds. The highest BCUT2D eigenvalue weighted by Gasteiger charge is 2.35. The van der Waals surface area contributed by atoms with Gasteiger partial charge in [-0.2, -0.15) is 0 Å². The Morgan fingerprint density at radius 3 is 2.38 bits per heavy atom. The fourth-order valence-corrected chi connectivity index (χ4v) is 3.23. The van der Waals surface area contributed by atoms with E-state index in [1.807, 2.05) is 66.7 Å². The number of ether oxygens (including phenoxy) is 1. The van der Waals surface area contributed by atoms with Crippen molar-refractivity contribution in [3.8, 4) is 0 Å². The molecular weight excluding hydrogens is 377 g/mol. The standard InChI is InChI=1S/C17H14INO2/c18-16(11-13-7-3-1-4-8-13)19-15(12-21-17(19)20)14-9-5-2-6-10-14/h1-11,15H,12H2/b16-11+/t15-/m0/s1. The SMILES string of the molecule is O=C1OC[C@@H](c2ccccc2)N1/C(I)=C/c1ccccc1. The van der Waals surface area contributed by atoms with Crippen LogP contribution in [0.25, 0.3) is 6.08 Å². The minimum atomic E-state index is -0.291. The van der Waals surface area contributed by atoms with Crippen molar-refractivity contribution < 1.29 is 9.53 Å². The molecule has 4 heteroatoms. The topological polar surface area (TPSA) is 29.5 Å². The maximum Gasteiger partial charge on any atom is 0.415 e. The number of carbonyl (C=O) groups is 1. The van der Waals surface area contributed by atoms with Crippen molar-refractivity contribution >= 4 is 34.8 Å². The molecule has 1 fully saturated rings. The molecule has 0 radical (unpaired) electrons. The Morgan fingerprint density at radius 1 is 1.10 bits per heavy atom. The molecule has 0 aromatic heterocycles. The lowest BCUT2D eigenvalue weighted by Gasteiger charge is -2.21. The van der Waals surface area contributed by atoms with Crippen LogP contribution < -0.4 is 0 Å². The zero-order valence-corrected chi connectivity index (χ0v) is 13.4. The average molecular weight is 391 g/mol. The van der Waals surface area contributed by atoms with Gasteiger partial charge in [0.25, 0.3) is 0 Å². The molecule has 1 saturated heterocycles. The van der Waals surface area contributed by atoms with Crippen molar-refractivity contribution in [1.29, 1.82) is 0 Å². The number of cyclic esters (lactones) is 1. The zero-order valence-electron chi connectivity index (χ0n) is 11.3. The smallest absolute Gasteiger partial charge is 0.415 e. The van der Waals surface area contributed by atoms with Crippen LogP contribution in [0.4, 0.5) is 4.79 Å². The van der Waals surface area contributed by atoms with Gasteiger partial charge >= 0.3 is 6.09 Å². The maximum absolute atomic E-state index is 12.0. The van der Waals surface area contributed by atoms with Gasteiger partial charge in [0.15, 0.2) is 0 Å². The summed E-state index contributed by atoms with van der Waals surface area (Å²) in [4.78, 5) is 13.8. The number of halogens is 1. The summed E-state index contributed by atoms with van der Waals surface area (Å²) in [5, 5.41) is 0. The largest absolute Gasteiger partial charge is 0.447 e. The predicted octanol–water partition coefficient (Wildman–Crippen LogP) is 4.61. The molecule has 1 atom stereocenters. The quantitative estimate of drug-likeness (QED) is 0.565. The summed E-state index contributed by atoms with van der Waals surface area (Å²) in [6.45, 7) is 0.387. The summed E-state index contributed by atoms with van der Waals surface area (Å²) in [6.07, 6.45) is 1.70. The Kier molecular flexibility index (Phi) is 4.24. The monoisotopic (exact) mass is 391 g/mol. The predicted molar refractivity (Wildman–Crippen MR) is 90.8 cm³/mol. The number of rotatable bonds is 3. The highest BCUT2D eigenvalue weighted by atomic mass is 127. The van der Waals surface area contributed by atoms with Crippen LogP contribution in [-0.4, -0.2) is 17.6 Å². The van der Waals surface area contributed by atoms with Crippen molar-refractivity contribution in [3.63, 3.8) is 0 Å². The number of benzene rings is 2. The number of carbonyl (C=O) groups excluding carboxylic acids is 1. The van der Waals surface area contributed by atoms with Gasteiger partial charge in [-0.15, -0.1) is 0 Å². The van der Waals surface area contributed by atoms with E-state index in [0.29, 0.717) is 6.61 Å². The second kappa shape index (κ2) is 6.30. The van der Waals surface area contributed by atoms with Gasteiger partial charge in [-0.25, -0.2) is 4.79 Å². The van der Waals surface area contributed by atoms with E-state index in [1.165, 1.54) is 0 Å². The molecule has 0 aliphatic carbocycles. The second-order valence-electron chi connectivity index (χ2n) is 4.75. The van der Waals surface area contributed by atoms with Crippen molar-refractivity contribution in [1.82, 2.24) is 4.90 Å². The van der Waals surface area contributed by atoms with E-state index < -0.39 is 0 Å². The van der Waals surface area contributed by atoms with E-state index in [-0.39, 0.29) is 12.1 Å². The molecule has 0 unspecified atom stereocenters. The molecule has 3 rings (SSSR count). The van der Waals surface area contributed by atoms with Gasteiger partial charge in [0.05, 0.1) is 9.75 Å². The first kappa shape index (κ1) is 14.1. The molecule has 1 aliphatic heterocycles. The lowest BCUT2D eigenvalue weighted by molar-refractivity contribution is 0.166. The van der Waals surface area contributed by atoms with Crippen LogP contribution in [0.2, 0.25) is 0 Å². The third-order valence-corrected chi connectivity index (χ3v) is 4.20. The van der Waals surface area contributed by atoms with Crippen LogP contribution in [0.15, 0.2) is 64.4 Å². The van der Waals surface area contributed by atoms with E-state index >= 15 is 0 Å². The van der Waals surface area contributed by atoms with Crippen LogP contribution in [0.1, 0.15) is 17.2 Å². The summed E-state index contributed by atoms with van der Waals surface area (Å²) in [5.74, 6) is 0.